The van der Waals surface area contributed by atoms with Crippen LogP contribution in [-0.4, -0.2) is 4.98 Å². The molecule has 0 aliphatic rings. The first-order valence-electron chi connectivity index (χ1n) is 6.45. The fourth-order valence-corrected chi connectivity index (χ4v) is 2.96. The van der Waals surface area contributed by atoms with Gasteiger partial charge in [-0.1, -0.05) is 24.3 Å². The Bertz CT molecular complexity index is 968. The van der Waals surface area contributed by atoms with Gasteiger partial charge < -0.3 is 0 Å². The molecule has 3 aromatic rings. The maximum absolute atomic E-state index is 12.9. The van der Waals surface area contributed by atoms with Crippen LogP contribution in [0.2, 0.25) is 0 Å². The topological polar surface area (TPSA) is 53.8 Å². The lowest BCUT2D eigenvalue weighted by molar-refractivity contribution is 0.628. The van der Waals surface area contributed by atoms with Crippen molar-refractivity contribution >= 4 is 33.1 Å². The van der Waals surface area contributed by atoms with Gasteiger partial charge in [-0.15, -0.1) is 11.3 Å². The average Bonchev–Trinajstić information content (AvgIpc) is 2.54. The predicted octanol–water partition coefficient (Wildman–Crippen LogP) is 3.86. The van der Waals surface area contributed by atoms with E-state index in [0.717, 1.165) is 4.70 Å². The molecule has 5 heteroatoms. The van der Waals surface area contributed by atoms with Crippen LogP contribution in [0.15, 0.2) is 53.3 Å². The Morgan fingerprint density at radius 3 is 2.64 bits per heavy atom. The van der Waals surface area contributed by atoms with Crippen LogP contribution < -0.4 is 5.56 Å². The number of nitriles is 1. The van der Waals surface area contributed by atoms with E-state index in [1.165, 1.54) is 23.5 Å². The summed E-state index contributed by atoms with van der Waals surface area (Å²) in [4.78, 5) is 16.0. The summed E-state index contributed by atoms with van der Waals surface area (Å²) in [6, 6.07) is 14.9. The van der Waals surface area contributed by atoms with Gasteiger partial charge in [0.1, 0.15) is 16.9 Å². The average molecular weight is 308 g/mol. The van der Waals surface area contributed by atoms with Crippen molar-refractivity contribution in [3.63, 3.8) is 0 Å². The lowest BCUT2D eigenvalue weighted by Gasteiger charge is -2.00. The van der Waals surface area contributed by atoms with Crippen LogP contribution in [0.1, 0.15) is 10.6 Å². The third-order valence-electron chi connectivity index (χ3n) is 3.06. The first-order valence-corrected chi connectivity index (χ1v) is 7.26. The Kier molecular flexibility index (Phi) is 3.77. The molecule has 3 nitrogen and oxygen atoms in total. The van der Waals surface area contributed by atoms with Crippen molar-refractivity contribution in [1.29, 1.82) is 5.26 Å². The van der Waals surface area contributed by atoms with E-state index in [-0.39, 0.29) is 16.9 Å². The lowest BCUT2D eigenvalue weighted by atomic mass is 10.1. The fraction of sp³-hybridized carbons (Fsp3) is 0. The molecule has 0 saturated carbocycles. The van der Waals surface area contributed by atoms with Gasteiger partial charge in [0.15, 0.2) is 0 Å². The molecule has 0 radical (unpaired) electrons. The molecular weight excluding hydrogens is 299 g/mol. The molecule has 0 unspecified atom stereocenters. The van der Waals surface area contributed by atoms with Gasteiger partial charge in [-0.25, -0.2) is 4.39 Å². The molecule has 0 amide bonds. The minimum absolute atomic E-state index is 0.277. The van der Waals surface area contributed by atoms with Crippen LogP contribution in [0.4, 0.5) is 4.39 Å². The van der Waals surface area contributed by atoms with Crippen LogP contribution in [0.5, 0.6) is 0 Å². The standard InChI is InChI=1S/C17H9FN2OS/c18-13-7-5-11(6-8-13)9-12(10-19)17-20-16(21)14-3-1-2-4-15(14)22-17/h1-9H. The highest BCUT2D eigenvalue weighted by Crippen LogP contribution is 2.24. The van der Waals surface area contributed by atoms with Crippen molar-refractivity contribution in [2.24, 2.45) is 0 Å². The molecule has 0 fully saturated rings. The van der Waals surface area contributed by atoms with E-state index < -0.39 is 0 Å². The maximum Gasteiger partial charge on any atom is 0.279 e. The highest BCUT2D eigenvalue weighted by Gasteiger charge is 2.08. The highest BCUT2D eigenvalue weighted by atomic mass is 32.1. The number of fused-ring (bicyclic) bond motifs is 1. The molecule has 0 saturated heterocycles. The Balaban J connectivity index is 2.13. The Morgan fingerprint density at radius 2 is 1.91 bits per heavy atom. The third kappa shape index (κ3) is 2.78. The smallest absolute Gasteiger partial charge is 0.267 e. The van der Waals surface area contributed by atoms with Gasteiger partial charge in [0, 0.05) is 4.70 Å². The fourth-order valence-electron chi connectivity index (χ4n) is 1.99. The van der Waals surface area contributed by atoms with Gasteiger partial charge in [0.25, 0.3) is 5.56 Å². The minimum Gasteiger partial charge on any atom is -0.267 e. The third-order valence-corrected chi connectivity index (χ3v) is 4.14. The van der Waals surface area contributed by atoms with Crippen LogP contribution >= 0.6 is 11.3 Å². The quantitative estimate of drug-likeness (QED) is 0.675. The first-order chi connectivity index (χ1) is 10.7. The summed E-state index contributed by atoms with van der Waals surface area (Å²) >= 11 is 1.28. The van der Waals surface area contributed by atoms with Crippen molar-refractivity contribution in [3.05, 3.63) is 75.3 Å². The van der Waals surface area contributed by atoms with E-state index in [2.05, 4.69) is 4.98 Å². The largest absolute Gasteiger partial charge is 0.279 e. The summed E-state index contributed by atoms with van der Waals surface area (Å²) in [5.41, 5.74) is 0.594. The summed E-state index contributed by atoms with van der Waals surface area (Å²) in [5.74, 6) is -0.343. The molecule has 106 valence electrons. The van der Waals surface area contributed by atoms with Crippen LogP contribution in [0, 0.1) is 17.1 Å². The van der Waals surface area contributed by atoms with Gasteiger partial charge >= 0.3 is 0 Å². The predicted molar refractivity (Wildman–Crippen MR) is 85.8 cm³/mol. The number of nitrogens with zero attached hydrogens (tertiary/aromatic N) is 2. The molecule has 3 rings (SSSR count). The molecule has 1 aromatic heterocycles. The van der Waals surface area contributed by atoms with E-state index in [9.17, 15) is 14.4 Å². The summed E-state index contributed by atoms with van der Waals surface area (Å²) in [5, 5.41) is 10.2. The molecule has 0 bridgehead atoms. The number of allylic oxidation sites excluding steroid dienone is 1. The molecule has 0 atom stereocenters. The van der Waals surface area contributed by atoms with Crippen molar-refractivity contribution in [2.45, 2.75) is 0 Å². The summed E-state index contributed by atoms with van der Waals surface area (Å²) in [6.07, 6.45) is 1.59. The Morgan fingerprint density at radius 1 is 1.18 bits per heavy atom. The normalized spacial score (nSPS) is 11.4. The van der Waals surface area contributed by atoms with Crippen LogP contribution in [0.3, 0.4) is 0 Å². The second-order valence-electron chi connectivity index (χ2n) is 4.54. The van der Waals surface area contributed by atoms with Crippen molar-refractivity contribution in [3.8, 4) is 6.07 Å². The van der Waals surface area contributed by atoms with E-state index in [1.54, 1.807) is 30.3 Å². The molecule has 0 N–H and O–H groups in total. The molecular formula is C17H9FN2OS. The van der Waals surface area contributed by atoms with E-state index in [0.29, 0.717) is 16.0 Å². The Labute approximate surface area is 129 Å². The second kappa shape index (κ2) is 5.88. The van der Waals surface area contributed by atoms with E-state index >= 15 is 0 Å². The summed E-state index contributed by atoms with van der Waals surface area (Å²) in [6.45, 7) is 0. The lowest BCUT2D eigenvalue weighted by Crippen LogP contribution is -2.07. The zero-order valence-corrected chi connectivity index (χ0v) is 12.1. The van der Waals surface area contributed by atoms with Crippen molar-refractivity contribution < 1.29 is 4.39 Å². The molecule has 0 spiro atoms. The van der Waals surface area contributed by atoms with Crippen LogP contribution in [0.25, 0.3) is 21.7 Å². The first kappa shape index (κ1) is 14.1. The highest BCUT2D eigenvalue weighted by molar-refractivity contribution is 7.19. The molecule has 0 aliphatic heterocycles. The van der Waals surface area contributed by atoms with Gasteiger partial charge in [-0.05, 0) is 35.9 Å². The van der Waals surface area contributed by atoms with Gasteiger partial charge in [0.2, 0.25) is 0 Å². The molecule has 1 heterocycles. The summed E-state index contributed by atoms with van der Waals surface area (Å²) < 4.78 is 13.7. The number of aromatic nitrogens is 1. The molecule has 2 aromatic carbocycles. The molecule has 0 aliphatic carbocycles. The number of hydrogen-bond donors (Lipinski definition) is 0. The van der Waals surface area contributed by atoms with Gasteiger partial charge in [-0.3, -0.25) is 4.79 Å². The van der Waals surface area contributed by atoms with E-state index in [1.807, 2.05) is 18.2 Å². The Hall–Kier alpha value is -2.84. The zero-order chi connectivity index (χ0) is 15.5. The SMILES string of the molecule is N#CC(=Cc1ccc(F)cc1)c1nc(=O)c2ccccc2s1. The van der Waals surface area contributed by atoms with Crippen LogP contribution in [-0.2, 0) is 0 Å². The molecule has 22 heavy (non-hydrogen) atoms. The summed E-state index contributed by atoms with van der Waals surface area (Å²) in [7, 11) is 0. The zero-order valence-electron chi connectivity index (χ0n) is 11.3. The van der Waals surface area contributed by atoms with Gasteiger partial charge in [-0.2, -0.15) is 10.2 Å². The minimum atomic E-state index is -0.357. The van der Waals surface area contributed by atoms with Crippen molar-refractivity contribution in [1.82, 2.24) is 4.98 Å². The number of rotatable bonds is 2. The number of benzene rings is 2. The second-order valence-corrected chi connectivity index (χ2v) is 5.57. The van der Waals surface area contributed by atoms with Crippen molar-refractivity contribution in [2.75, 3.05) is 0 Å². The monoisotopic (exact) mass is 308 g/mol. The van der Waals surface area contributed by atoms with E-state index in [4.69, 9.17) is 0 Å². The number of halogens is 1. The number of hydrogen-bond acceptors (Lipinski definition) is 4. The van der Waals surface area contributed by atoms with Gasteiger partial charge in [0.05, 0.1) is 11.0 Å². The maximum atomic E-state index is 12.9.